The standard InChI is InChI=1S/C16H18O6/c1-15(2)13(21-15)19-11(17)9-5-7-10(8-6-9)12(18)20-14-16(3,4)22-14/h5-8,13-14H,1-4H3. The van der Waals surface area contributed by atoms with Gasteiger partial charge in [0.05, 0.1) is 11.1 Å². The van der Waals surface area contributed by atoms with Crippen molar-refractivity contribution in [3.05, 3.63) is 35.4 Å². The van der Waals surface area contributed by atoms with Crippen LogP contribution in [0.15, 0.2) is 24.3 Å². The number of carbonyl (C=O) groups excluding carboxylic acids is 2. The van der Waals surface area contributed by atoms with Gasteiger partial charge in [0.25, 0.3) is 0 Å². The number of rotatable bonds is 4. The first kappa shape index (κ1) is 15.0. The Bertz CT molecular complexity index is 561. The minimum absolute atomic E-state index is 0.353. The number of hydrogen-bond acceptors (Lipinski definition) is 6. The van der Waals surface area contributed by atoms with E-state index in [9.17, 15) is 9.59 Å². The van der Waals surface area contributed by atoms with Gasteiger partial charge < -0.3 is 18.9 Å². The van der Waals surface area contributed by atoms with Gasteiger partial charge in [0.2, 0.25) is 12.6 Å². The third-order valence-electron chi connectivity index (χ3n) is 3.63. The number of hydrogen-bond donors (Lipinski definition) is 0. The van der Waals surface area contributed by atoms with Crippen LogP contribution in [0.1, 0.15) is 48.4 Å². The third kappa shape index (κ3) is 2.98. The summed E-state index contributed by atoms with van der Waals surface area (Å²) in [5.74, 6) is -0.968. The van der Waals surface area contributed by atoms with Crippen LogP contribution in [-0.4, -0.2) is 35.7 Å². The van der Waals surface area contributed by atoms with E-state index in [4.69, 9.17) is 18.9 Å². The highest BCUT2D eigenvalue weighted by Crippen LogP contribution is 2.37. The zero-order valence-corrected chi connectivity index (χ0v) is 12.9. The van der Waals surface area contributed by atoms with Gasteiger partial charge in [0.1, 0.15) is 11.2 Å². The van der Waals surface area contributed by atoms with E-state index in [1.807, 2.05) is 27.7 Å². The van der Waals surface area contributed by atoms with Gasteiger partial charge in [-0.15, -0.1) is 0 Å². The van der Waals surface area contributed by atoms with Crippen LogP contribution < -0.4 is 0 Å². The summed E-state index contributed by atoms with van der Waals surface area (Å²) < 4.78 is 20.7. The molecule has 0 amide bonds. The Hall–Kier alpha value is -1.92. The fourth-order valence-electron chi connectivity index (χ4n) is 1.89. The van der Waals surface area contributed by atoms with E-state index in [0.717, 1.165) is 0 Å². The van der Waals surface area contributed by atoms with E-state index < -0.39 is 35.7 Å². The highest BCUT2D eigenvalue weighted by molar-refractivity contribution is 5.93. The first-order chi connectivity index (χ1) is 10.2. The zero-order valence-electron chi connectivity index (χ0n) is 12.9. The predicted molar refractivity (Wildman–Crippen MR) is 75.2 cm³/mol. The highest BCUT2D eigenvalue weighted by atomic mass is 16.8. The summed E-state index contributed by atoms with van der Waals surface area (Å²) in [6.45, 7) is 7.36. The molecule has 2 saturated heterocycles. The number of ether oxygens (including phenoxy) is 4. The quantitative estimate of drug-likeness (QED) is 0.627. The lowest BCUT2D eigenvalue weighted by molar-refractivity contribution is 0.0280. The summed E-state index contributed by atoms with van der Waals surface area (Å²) in [5, 5.41) is 0. The number of epoxide rings is 2. The molecule has 1 aromatic carbocycles. The Morgan fingerprint density at radius 3 is 1.32 bits per heavy atom. The molecule has 0 spiro atoms. The van der Waals surface area contributed by atoms with Crippen molar-refractivity contribution in [1.29, 1.82) is 0 Å². The van der Waals surface area contributed by atoms with Gasteiger partial charge in [-0.1, -0.05) is 0 Å². The molecule has 0 radical (unpaired) electrons. The Kier molecular flexibility index (Phi) is 3.27. The Morgan fingerprint density at radius 2 is 1.09 bits per heavy atom. The SMILES string of the molecule is CC1(C)OC1OC(=O)c1ccc(C(=O)OC2OC2(C)C)cc1. The molecule has 0 aliphatic carbocycles. The molecule has 2 atom stereocenters. The number of benzene rings is 1. The fourth-order valence-corrected chi connectivity index (χ4v) is 1.89. The first-order valence-electron chi connectivity index (χ1n) is 7.07. The summed E-state index contributed by atoms with van der Waals surface area (Å²) in [7, 11) is 0. The van der Waals surface area contributed by atoms with Crippen molar-refractivity contribution < 1.29 is 28.5 Å². The molecule has 22 heavy (non-hydrogen) atoms. The molecule has 6 heteroatoms. The topological polar surface area (TPSA) is 77.7 Å². The van der Waals surface area contributed by atoms with Crippen LogP contribution in [0.5, 0.6) is 0 Å². The fraction of sp³-hybridized carbons (Fsp3) is 0.500. The lowest BCUT2D eigenvalue weighted by Gasteiger charge is -2.05. The van der Waals surface area contributed by atoms with E-state index in [-0.39, 0.29) is 0 Å². The molecule has 0 N–H and O–H groups in total. The molecule has 0 aromatic heterocycles. The van der Waals surface area contributed by atoms with Gasteiger partial charge in [0.15, 0.2) is 0 Å². The minimum atomic E-state index is -0.515. The van der Waals surface area contributed by atoms with Crippen molar-refractivity contribution >= 4 is 11.9 Å². The van der Waals surface area contributed by atoms with E-state index in [1.165, 1.54) is 24.3 Å². The monoisotopic (exact) mass is 306 g/mol. The second-order valence-corrected chi connectivity index (χ2v) is 6.49. The number of esters is 2. The molecule has 2 unspecified atom stereocenters. The summed E-state index contributed by atoms with van der Waals surface area (Å²) >= 11 is 0. The lowest BCUT2D eigenvalue weighted by Crippen LogP contribution is -2.15. The molecule has 2 aliphatic heterocycles. The maximum absolute atomic E-state index is 11.9. The molecule has 1 aromatic rings. The van der Waals surface area contributed by atoms with E-state index in [0.29, 0.717) is 11.1 Å². The molecule has 118 valence electrons. The predicted octanol–water partition coefficient (Wildman–Crippen LogP) is 2.27. The molecular weight excluding hydrogens is 288 g/mol. The smallest absolute Gasteiger partial charge is 0.340 e. The maximum atomic E-state index is 11.9. The van der Waals surface area contributed by atoms with E-state index in [2.05, 4.69) is 0 Å². The average Bonchev–Trinajstić information content (AvgIpc) is 3.25. The van der Waals surface area contributed by atoms with Crippen LogP contribution >= 0.6 is 0 Å². The van der Waals surface area contributed by atoms with Gasteiger partial charge >= 0.3 is 11.9 Å². The van der Waals surface area contributed by atoms with Crippen molar-refractivity contribution in [3.63, 3.8) is 0 Å². The van der Waals surface area contributed by atoms with Crippen molar-refractivity contribution in [2.45, 2.75) is 51.5 Å². The lowest BCUT2D eigenvalue weighted by atomic mass is 10.1. The van der Waals surface area contributed by atoms with Gasteiger partial charge in [-0.2, -0.15) is 0 Å². The summed E-state index contributed by atoms with van der Waals surface area (Å²) in [6.07, 6.45) is -1.03. The van der Waals surface area contributed by atoms with Crippen molar-refractivity contribution in [1.82, 2.24) is 0 Å². The summed E-state index contributed by atoms with van der Waals surface area (Å²) in [6, 6.07) is 6.08. The van der Waals surface area contributed by atoms with Gasteiger partial charge in [0, 0.05) is 0 Å². The van der Waals surface area contributed by atoms with Crippen LogP contribution in [0, 0.1) is 0 Å². The molecule has 2 fully saturated rings. The Labute approximate surface area is 128 Å². The summed E-state index contributed by atoms with van der Waals surface area (Å²) in [4.78, 5) is 23.8. The number of carbonyl (C=O) groups is 2. The molecule has 2 aliphatic rings. The minimum Gasteiger partial charge on any atom is -0.429 e. The molecule has 2 heterocycles. The van der Waals surface area contributed by atoms with Crippen LogP contribution in [-0.2, 0) is 18.9 Å². The largest absolute Gasteiger partial charge is 0.429 e. The zero-order chi connectivity index (χ0) is 16.1. The maximum Gasteiger partial charge on any atom is 0.340 e. The normalized spacial score (nSPS) is 26.9. The van der Waals surface area contributed by atoms with Gasteiger partial charge in [-0.3, -0.25) is 0 Å². The van der Waals surface area contributed by atoms with E-state index in [1.54, 1.807) is 0 Å². The first-order valence-corrected chi connectivity index (χ1v) is 7.07. The second-order valence-electron chi connectivity index (χ2n) is 6.49. The second kappa shape index (κ2) is 4.79. The summed E-state index contributed by atoms with van der Waals surface area (Å²) in [5.41, 5.74) is -0.135. The van der Waals surface area contributed by atoms with Crippen LogP contribution in [0.4, 0.5) is 0 Å². The molecular formula is C16H18O6. The molecule has 3 rings (SSSR count). The highest BCUT2D eigenvalue weighted by Gasteiger charge is 2.52. The Balaban J connectivity index is 1.58. The van der Waals surface area contributed by atoms with Gasteiger partial charge in [-0.25, -0.2) is 9.59 Å². The van der Waals surface area contributed by atoms with Crippen molar-refractivity contribution in [2.24, 2.45) is 0 Å². The van der Waals surface area contributed by atoms with Crippen LogP contribution in [0.25, 0.3) is 0 Å². The molecule has 0 saturated carbocycles. The van der Waals surface area contributed by atoms with Crippen LogP contribution in [0.3, 0.4) is 0 Å². The van der Waals surface area contributed by atoms with Crippen LogP contribution in [0.2, 0.25) is 0 Å². The average molecular weight is 306 g/mol. The van der Waals surface area contributed by atoms with E-state index >= 15 is 0 Å². The molecule has 0 bridgehead atoms. The molecule has 6 nitrogen and oxygen atoms in total. The third-order valence-corrected chi connectivity index (χ3v) is 3.63. The Morgan fingerprint density at radius 1 is 0.818 bits per heavy atom. The van der Waals surface area contributed by atoms with Crippen molar-refractivity contribution in [3.8, 4) is 0 Å². The van der Waals surface area contributed by atoms with Crippen molar-refractivity contribution in [2.75, 3.05) is 0 Å². The van der Waals surface area contributed by atoms with Gasteiger partial charge in [-0.05, 0) is 52.0 Å².